The number of rotatable bonds is 9. The summed E-state index contributed by atoms with van der Waals surface area (Å²) in [5, 5.41) is 12.2. The van der Waals surface area contributed by atoms with Crippen LogP contribution in [0.25, 0.3) is 0 Å². The molecule has 1 aliphatic rings. The molecule has 1 aliphatic carbocycles. The highest BCUT2D eigenvalue weighted by atomic mass is 16.5. The molecule has 0 aromatic rings. The van der Waals surface area contributed by atoms with E-state index in [1.807, 2.05) is 0 Å². The van der Waals surface area contributed by atoms with Crippen molar-refractivity contribution in [3.8, 4) is 0 Å². The molecule has 1 amide bonds. The van der Waals surface area contributed by atoms with Crippen LogP contribution in [0.15, 0.2) is 0 Å². The van der Waals surface area contributed by atoms with Crippen LogP contribution >= 0.6 is 0 Å². The molecule has 0 spiro atoms. The summed E-state index contributed by atoms with van der Waals surface area (Å²) in [7, 11) is 0. The van der Waals surface area contributed by atoms with Gasteiger partial charge in [0.15, 0.2) is 0 Å². The smallest absolute Gasteiger partial charge is 0.310 e. The van der Waals surface area contributed by atoms with Gasteiger partial charge in [0, 0.05) is 26.2 Å². The molecular weight excluding hydrogens is 258 g/mol. The minimum atomic E-state index is -0.832. The van der Waals surface area contributed by atoms with E-state index in [1.165, 1.54) is 0 Å². The molecule has 0 aromatic heterocycles. The average molecular weight is 285 g/mol. The van der Waals surface area contributed by atoms with Gasteiger partial charge in [-0.05, 0) is 25.7 Å². The van der Waals surface area contributed by atoms with Crippen molar-refractivity contribution in [1.82, 2.24) is 5.32 Å². The van der Waals surface area contributed by atoms with Crippen LogP contribution < -0.4 is 5.32 Å². The maximum atomic E-state index is 11.9. The van der Waals surface area contributed by atoms with E-state index in [4.69, 9.17) is 4.74 Å². The largest absolute Gasteiger partial charge is 0.481 e. The summed E-state index contributed by atoms with van der Waals surface area (Å²) in [6.07, 6.45) is 6.00. The van der Waals surface area contributed by atoms with Crippen molar-refractivity contribution in [3.05, 3.63) is 0 Å². The zero-order chi connectivity index (χ0) is 14.8. The molecule has 116 valence electrons. The number of carbonyl (C=O) groups is 2. The molecule has 0 aliphatic heterocycles. The molecule has 1 fully saturated rings. The third-order valence-corrected chi connectivity index (χ3v) is 3.90. The lowest BCUT2D eigenvalue weighted by Gasteiger charge is -2.32. The molecule has 1 saturated carbocycles. The van der Waals surface area contributed by atoms with Crippen molar-refractivity contribution in [2.45, 2.75) is 58.3 Å². The van der Waals surface area contributed by atoms with Crippen molar-refractivity contribution in [2.24, 2.45) is 5.41 Å². The summed E-state index contributed by atoms with van der Waals surface area (Å²) in [4.78, 5) is 23.4. The third-order valence-electron chi connectivity index (χ3n) is 3.90. The second-order valence-electron chi connectivity index (χ2n) is 5.64. The minimum Gasteiger partial charge on any atom is -0.481 e. The van der Waals surface area contributed by atoms with Crippen molar-refractivity contribution < 1.29 is 19.4 Å². The minimum absolute atomic E-state index is 0.109. The lowest BCUT2D eigenvalue weighted by atomic mass is 9.71. The Morgan fingerprint density at radius 3 is 2.50 bits per heavy atom. The SMILES string of the molecule is CCCOCCCNC(=O)CC1(C(=O)O)CCCCC1. The van der Waals surface area contributed by atoms with Gasteiger partial charge in [-0.3, -0.25) is 9.59 Å². The van der Waals surface area contributed by atoms with Gasteiger partial charge in [0.2, 0.25) is 5.91 Å². The molecule has 2 N–H and O–H groups in total. The summed E-state index contributed by atoms with van der Waals surface area (Å²) in [5.41, 5.74) is -0.832. The molecule has 0 saturated heterocycles. The number of nitrogens with one attached hydrogen (secondary N) is 1. The molecule has 5 heteroatoms. The van der Waals surface area contributed by atoms with Crippen LogP contribution in [-0.4, -0.2) is 36.7 Å². The molecule has 0 unspecified atom stereocenters. The number of amides is 1. The third kappa shape index (κ3) is 5.49. The zero-order valence-corrected chi connectivity index (χ0v) is 12.5. The van der Waals surface area contributed by atoms with E-state index >= 15 is 0 Å². The number of carboxylic acid groups (broad SMARTS) is 1. The summed E-state index contributed by atoms with van der Waals surface area (Å²) < 4.78 is 5.33. The van der Waals surface area contributed by atoms with Crippen LogP contribution in [-0.2, 0) is 14.3 Å². The van der Waals surface area contributed by atoms with Crippen LogP contribution in [0.5, 0.6) is 0 Å². The number of carboxylic acids is 1. The Hall–Kier alpha value is -1.10. The van der Waals surface area contributed by atoms with E-state index < -0.39 is 11.4 Å². The van der Waals surface area contributed by atoms with E-state index in [1.54, 1.807) is 0 Å². The average Bonchev–Trinajstić information content (AvgIpc) is 2.43. The molecule has 0 aromatic carbocycles. The van der Waals surface area contributed by atoms with Gasteiger partial charge >= 0.3 is 5.97 Å². The Kier molecular flexibility index (Phi) is 7.59. The first-order valence-electron chi connectivity index (χ1n) is 7.68. The molecule has 1 rings (SSSR count). The molecule has 0 radical (unpaired) electrons. The number of ether oxygens (including phenoxy) is 1. The van der Waals surface area contributed by atoms with Gasteiger partial charge in [0.05, 0.1) is 5.41 Å². The Labute approximate surface area is 121 Å². The summed E-state index contributed by atoms with van der Waals surface area (Å²) >= 11 is 0. The summed E-state index contributed by atoms with van der Waals surface area (Å²) in [5.74, 6) is -0.969. The molecular formula is C15H27NO4. The van der Waals surface area contributed by atoms with Gasteiger partial charge in [0.1, 0.15) is 0 Å². The Balaban J connectivity index is 2.27. The van der Waals surface area contributed by atoms with Crippen molar-refractivity contribution in [1.29, 1.82) is 0 Å². The molecule has 0 atom stereocenters. The van der Waals surface area contributed by atoms with E-state index in [9.17, 15) is 14.7 Å². The van der Waals surface area contributed by atoms with Gasteiger partial charge in [-0.1, -0.05) is 26.2 Å². The molecule has 20 heavy (non-hydrogen) atoms. The van der Waals surface area contributed by atoms with Gasteiger partial charge in [-0.2, -0.15) is 0 Å². The molecule has 0 bridgehead atoms. The van der Waals surface area contributed by atoms with Gasteiger partial charge in [0.25, 0.3) is 0 Å². The number of hydrogen-bond donors (Lipinski definition) is 2. The number of aliphatic carboxylic acids is 1. The van der Waals surface area contributed by atoms with E-state index in [0.717, 1.165) is 38.7 Å². The predicted octanol–water partition coefficient (Wildman–Crippen LogP) is 2.34. The lowest BCUT2D eigenvalue weighted by molar-refractivity contribution is -0.154. The molecule has 5 nitrogen and oxygen atoms in total. The normalized spacial score (nSPS) is 17.6. The summed E-state index contributed by atoms with van der Waals surface area (Å²) in [6, 6.07) is 0. The Morgan fingerprint density at radius 1 is 1.20 bits per heavy atom. The van der Waals surface area contributed by atoms with Crippen LogP contribution in [0.2, 0.25) is 0 Å². The maximum Gasteiger partial charge on any atom is 0.310 e. The first kappa shape index (κ1) is 17.0. The quantitative estimate of drug-likeness (QED) is 0.638. The predicted molar refractivity (Wildman–Crippen MR) is 76.5 cm³/mol. The second-order valence-corrected chi connectivity index (χ2v) is 5.64. The highest BCUT2D eigenvalue weighted by molar-refractivity contribution is 5.85. The molecule has 0 heterocycles. The fourth-order valence-electron chi connectivity index (χ4n) is 2.71. The number of hydrogen-bond acceptors (Lipinski definition) is 3. The standard InChI is InChI=1S/C15H27NO4/c1-2-10-20-11-6-9-16-13(17)12-15(14(18)19)7-4-3-5-8-15/h2-12H2,1H3,(H,16,17)(H,18,19). The highest BCUT2D eigenvalue weighted by Gasteiger charge is 2.41. The van der Waals surface area contributed by atoms with Crippen molar-refractivity contribution in [2.75, 3.05) is 19.8 Å². The topological polar surface area (TPSA) is 75.6 Å². The zero-order valence-electron chi connectivity index (χ0n) is 12.5. The second kappa shape index (κ2) is 8.95. The first-order chi connectivity index (χ1) is 9.60. The van der Waals surface area contributed by atoms with Gasteiger partial charge in [-0.15, -0.1) is 0 Å². The van der Waals surface area contributed by atoms with Crippen LogP contribution in [0.4, 0.5) is 0 Å². The first-order valence-corrected chi connectivity index (χ1v) is 7.68. The fraction of sp³-hybridized carbons (Fsp3) is 0.867. The lowest BCUT2D eigenvalue weighted by Crippen LogP contribution is -2.39. The van der Waals surface area contributed by atoms with E-state index in [0.29, 0.717) is 26.0 Å². The van der Waals surface area contributed by atoms with Crippen LogP contribution in [0.3, 0.4) is 0 Å². The van der Waals surface area contributed by atoms with Gasteiger partial charge < -0.3 is 15.2 Å². The highest BCUT2D eigenvalue weighted by Crippen LogP contribution is 2.39. The van der Waals surface area contributed by atoms with Crippen molar-refractivity contribution in [3.63, 3.8) is 0 Å². The number of carbonyl (C=O) groups excluding carboxylic acids is 1. The summed E-state index contributed by atoms with van der Waals surface area (Å²) in [6.45, 7) is 3.99. The van der Waals surface area contributed by atoms with Crippen molar-refractivity contribution >= 4 is 11.9 Å². The van der Waals surface area contributed by atoms with Gasteiger partial charge in [-0.25, -0.2) is 0 Å². The monoisotopic (exact) mass is 285 g/mol. The van der Waals surface area contributed by atoms with E-state index in [2.05, 4.69) is 12.2 Å². The fourth-order valence-corrected chi connectivity index (χ4v) is 2.71. The Bertz CT molecular complexity index is 311. The van der Waals surface area contributed by atoms with Crippen LogP contribution in [0.1, 0.15) is 58.3 Å². The van der Waals surface area contributed by atoms with Crippen LogP contribution in [0, 0.1) is 5.41 Å². The Morgan fingerprint density at radius 2 is 1.90 bits per heavy atom. The maximum absolute atomic E-state index is 11.9. The van der Waals surface area contributed by atoms with E-state index in [-0.39, 0.29) is 12.3 Å².